The third-order valence-corrected chi connectivity index (χ3v) is 6.11. The van der Waals surface area contributed by atoms with E-state index in [0.29, 0.717) is 5.00 Å². The lowest BCUT2D eigenvalue weighted by atomic mass is 10.3. The molecule has 2 amide bonds. The van der Waals surface area contributed by atoms with Crippen molar-refractivity contribution in [1.82, 2.24) is 4.72 Å². The Hall–Kier alpha value is -3.16. The first-order chi connectivity index (χ1) is 14.5. The van der Waals surface area contributed by atoms with Gasteiger partial charge in [-0.2, -0.15) is 13.2 Å². The quantitative estimate of drug-likeness (QED) is 0.484. The fraction of sp³-hybridized carbons (Fsp3) is 0.111. The Kier molecular flexibility index (Phi) is 6.48. The zero-order valence-corrected chi connectivity index (χ0v) is 17.0. The summed E-state index contributed by atoms with van der Waals surface area (Å²) >= 11 is 1.00. The van der Waals surface area contributed by atoms with Gasteiger partial charge in [0, 0.05) is 5.69 Å². The molecular formula is C18H14F3N3O5S2. The molecule has 3 N–H and O–H groups in total. The highest BCUT2D eigenvalue weighted by Gasteiger charge is 2.30. The Labute approximate surface area is 178 Å². The lowest BCUT2D eigenvalue weighted by molar-refractivity contribution is -0.121. The normalized spacial score (nSPS) is 11.8. The molecule has 8 nitrogen and oxygen atoms in total. The molecule has 0 aliphatic rings. The van der Waals surface area contributed by atoms with Crippen LogP contribution in [-0.4, -0.2) is 33.0 Å². The number of anilines is 2. The van der Waals surface area contributed by atoms with Crippen LogP contribution in [0.5, 0.6) is 0 Å². The maximum absolute atomic E-state index is 12.3. The van der Waals surface area contributed by atoms with Crippen LogP contribution in [0.1, 0.15) is 20.2 Å². The van der Waals surface area contributed by atoms with Gasteiger partial charge in [-0.1, -0.05) is 0 Å². The number of rotatable bonds is 7. The topological polar surface area (TPSA) is 118 Å². The van der Waals surface area contributed by atoms with Crippen LogP contribution in [-0.2, 0) is 10.0 Å². The van der Waals surface area contributed by atoms with Crippen LogP contribution in [0.4, 0.5) is 23.9 Å². The summed E-state index contributed by atoms with van der Waals surface area (Å²) in [4.78, 5) is 24.2. The third kappa shape index (κ3) is 6.16. The molecule has 0 saturated carbocycles. The number of hydrogen-bond acceptors (Lipinski definition) is 6. The molecule has 2 heterocycles. The number of carbonyl (C=O) groups is 2. The number of benzene rings is 1. The highest BCUT2D eigenvalue weighted by molar-refractivity contribution is 7.89. The molecule has 164 valence electrons. The molecule has 0 spiro atoms. The Bertz CT molecular complexity index is 1170. The van der Waals surface area contributed by atoms with Crippen LogP contribution >= 0.6 is 11.3 Å². The molecule has 0 radical (unpaired) electrons. The van der Waals surface area contributed by atoms with E-state index in [2.05, 4.69) is 10.6 Å². The van der Waals surface area contributed by atoms with E-state index < -0.39 is 34.6 Å². The highest BCUT2D eigenvalue weighted by Crippen LogP contribution is 2.24. The number of sulfonamides is 1. The lowest BCUT2D eigenvalue weighted by Crippen LogP contribution is -2.33. The summed E-state index contributed by atoms with van der Waals surface area (Å²) in [5, 5.41) is 5.52. The van der Waals surface area contributed by atoms with E-state index in [1.54, 1.807) is 6.07 Å². The average molecular weight is 473 g/mol. The van der Waals surface area contributed by atoms with E-state index in [1.165, 1.54) is 41.3 Å². The van der Waals surface area contributed by atoms with Gasteiger partial charge in [0.25, 0.3) is 11.8 Å². The predicted molar refractivity (Wildman–Crippen MR) is 107 cm³/mol. The second kappa shape index (κ2) is 8.91. The standard InChI is InChI=1S/C18H14F3N3O5S2/c19-18(20,21)10-22-31(27,28)12-5-3-11(4-6-12)23-17(26)14-7-8-15(30-14)24-16(25)13-2-1-9-29-13/h1-9,22H,10H2,(H,23,26)(H,24,25). The van der Waals surface area contributed by atoms with Gasteiger partial charge < -0.3 is 15.1 Å². The minimum absolute atomic E-state index is 0.110. The van der Waals surface area contributed by atoms with E-state index >= 15 is 0 Å². The summed E-state index contributed by atoms with van der Waals surface area (Å²) in [5.41, 5.74) is 0.231. The van der Waals surface area contributed by atoms with Crippen LogP contribution < -0.4 is 15.4 Å². The Morgan fingerprint density at radius 1 is 0.968 bits per heavy atom. The van der Waals surface area contributed by atoms with Crippen molar-refractivity contribution in [3.05, 3.63) is 65.4 Å². The van der Waals surface area contributed by atoms with Crippen molar-refractivity contribution in [2.75, 3.05) is 17.2 Å². The summed E-state index contributed by atoms with van der Waals surface area (Å²) in [6.45, 7) is -1.69. The number of hydrogen-bond donors (Lipinski definition) is 3. The molecule has 0 saturated heterocycles. The smallest absolute Gasteiger partial charge is 0.402 e. The van der Waals surface area contributed by atoms with Crippen LogP contribution in [0.15, 0.2) is 64.1 Å². The zero-order valence-electron chi connectivity index (χ0n) is 15.4. The fourth-order valence-electron chi connectivity index (χ4n) is 2.28. The van der Waals surface area contributed by atoms with Crippen molar-refractivity contribution < 1.29 is 35.6 Å². The summed E-state index contributed by atoms with van der Waals surface area (Å²) in [6, 6.07) is 10.7. The van der Waals surface area contributed by atoms with E-state index in [0.717, 1.165) is 23.5 Å². The fourth-order valence-corrected chi connectivity index (χ4v) is 4.09. The molecule has 1 aromatic carbocycles. The minimum atomic E-state index is -4.68. The SMILES string of the molecule is O=C(Nc1ccc(C(=O)Nc2ccc(S(=O)(=O)NCC(F)(F)F)cc2)s1)c1ccco1. The van der Waals surface area contributed by atoms with Gasteiger partial charge in [0.1, 0.15) is 6.54 Å². The number of halogens is 3. The Morgan fingerprint density at radius 2 is 1.68 bits per heavy atom. The van der Waals surface area contributed by atoms with Crippen molar-refractivity contribution in [2.45, 2.75) is 11.1 Å². The van der Waals surface area contributed by atoms with Crippen LogP contribution in [0.2, 0.25) is 0 Å². The summed E-state index contributed by atoms with van der Waals surface area (Å²) in [7, 11) is -4.35. The van der Waals surface area contributed by atoms with Gasteiger partial charge in [-0.05, 0) is 48.5 Å². The number of thiophene rings is 1. The predicted octanol–water partition coefficient (Wildman–Crippen LogP) is 3.69. The van der Waals surface area contributed by atoms with Crippen LogP contribution in [0.25, 0.3) is 0 Å². The summed E-state index contributed by atoms with van der Waals surface area (Å²) in [5.74, 6) is -0.886. The van der Waals surface area contributed by atoms with Gasteiger partial charge >= 0.3 is 6.18 Å². The molecule has 0 atom stereocenters. The van der Waals surface area contributed by atoms with Gasteiger partial charge in [-0.25, -0.2) is 13.1 Å². The van der Waals surface area contributed by atoms with Gasteiger partial charge in [0.05, 0.1) is 21.0 Å². The zero-order chi connectivity index (χ0) is 22.6. The molecule has 0 aliphatic heterocycles. The molecule has 3 aromatic rings. The van der Waals surface area contributed by atoms with E-state index in [-0.39, 0.29) is 21.2 Å². The van der Waals surface area contributed by atoms with Crippen molar-refractivity contribution in [3.63, 3.8) is 0 Å². The minimum Gasteiger partial charge on any atom is -0.459 e. The molecular weight excluding hydrogens is 459 g/mol. The van der Waals surface area contributed by atoms with Crippen molar-refractivity contribution >= 4 is 43.9 Å². The molecule has 0 fully saturated rings. The van der Waals surface area contributed by atoms with Crippen LogP contribution in [0.3, 0.4) is 0 Å². The Morgan fingerprint density at radius 3 is 2.29 bits per heavy atom. The van der Waals surface area contributed by atoms with Crippen molar-refractivity contribution in [1.29, 1.82) is 0 Å². The van der Waals surface area contributed by atoms with E-state index in [9.17, 15) is 31.2 Å². The molecule has 0 unspecified atom stereocenters. The second-order valence-corrected chi connectivity index (χ2v) is 8.86. The first-order valence-corrected chi connectivity index (χ1v) is 10.8. The number of carbonyl (C=O) groups excluding carboxylic acids is 2. The molecule has 31 heavy (non-hydrogen) atoms. The van der Waals surface area contributed by atoms with Crippen LogP contribution in [0, 0.1) is 0 Å². The van der Waals surface area contributed by atoms with E-state index in [1.807, 2.05) is 0 Å². The Balaban J connectivity index is 1.61. The van der Waals surface area contributed by atoms with Gasteiger partial charge in [-0.3, -0.25) is 9.59 Å². The number of alkyl halides is 3. The molecule has 13 heteroatoms. The number of amides is 2. The molecule has 3 rings (SSSR count). The number of furan rings is 1. The van der Waals surface area contributed by atoms with E-state index in [4.69, 9.17) is 4.42 Å². The molecule has 2 aromatic heterocycles. The van der Waals surface area contributed by atoms with Gasteiger partial charge in [0.15, 0.2) is 5.76 Å². The molecule has 0 aliphatic carbocycles. The maximum atomic E-state index is 12.3. The lowest BCUT2D eigenvalue weighted by Gasteiger charge is -2.10. The van der Waals surface area contributed by atoms with Crippen molar-refractivity contribution in [2.24, 2.45) is 0 Å². The number of nitrogens with one attached hydrogen (secondary N) is 3. The summed E-state index contributed by atoms with van der Waals surface area (Å²) < 4.78 is 66.8. The van der Waals surface area contributed by atoms with Crippen molar-refractivity contribution in [3.8, 4) is 0 Å². The highest BCUT2D eigenvalue weighted by atomic mass is 32.2. The van der Waals surface area contributed by atoms with Gasteiger partial charge in [0.2, 0.25) is 10.0 Å². The first kappa shape index (κ1) is 22.5. The molecule has 0 bridgehead atoms. The maximum Gasteiger partial charge on any atom is 0.402 e. The largest absolute Gasteiger partial charge is 0.459 e. The monoisotopic (exact) mass is 473 g/mol. The second-order valence-electron chi connectivity index (χ2n) is 6.01. The average Bonchev–Trinajstić information content (AvgIpc) is 3.39. The third-order valence-electron chi connectivity index (χ3n) is 3.70. The summed E-state index contributed by atoms with van der Waals surface area (Å²) in [6.07, 6.45) is -3.33. The first-order valence-electron chi connectivity index (χ1n) is 8.46. The van der Waals surface area contributed by atoms with Gasteiger partial charge in [-0.15, -0.1) is 11.3 Å².